The Kier molecular flexibility index (Phi) is 4.37. The van der Waals surface area contributed by atoms with E-state index >= 15 is 0 Å². The molecule has 1 heterocycles. The Labute approximate surface area is 118 Å². The van der Waals surface area contributed by atoms with Crippen molar-refractivity contribution >= 4 is 5.91 Å². The average Bonchev–Trinajstić information content (AvgIpc) is 2.31. The molecule has 2 atom stereocenters. The van der Waals surface area contributed by atoms with Crippen LogP contribution in [0.2, 0.25) is 0 Å². The summed E-state index contributed by atoms with van der Waals surface area (Å²) in [4.78, 5) is 22.5. The number of carbonyl (C=O) groups excluding carboxylic acids is 1. The van der Waals surface area contributed by atoms with Gasteiger partial charge in [0.2, 0.25) is 11.3 Å². The van der Waals surface area contributed by atoms with Gasteiger partial charge in [0.05, 0.1) is 11.2 Å². The summed E-state index contributed by atoms with van der Waals surface area (Å²) in [6.45, 7) is 1.06. The van der Waals surface area contributed by atoms with E-state index in [1.165, 1.54) is 7.05 Å². The summed E-state index contributed by atoms with van der Waals surface area (Å²) in [5.74, 6) is -4.45. The monoisotopic (exact) mass is 307 g/mol. The Bertz CT molecular complexity index is 608. The van der Waals surface area contributed by atoms with E-state index in [1.54, 1.807) is 0 Å². The van der Waals surface area contributed by atoms with Gasteiger partial charge >= 0.3 is 6.18 Å². The first kappa shape index (κ1) is 17.0. The van der Waals surface area contributed by atoms with E-state index < -0.39 is 46.8 Å². The Morgan fingerprint density at radius 3 is 2.43 bits per heavy atom. The number of pyridine rings is 1. The lowest BCUT2D eigenvalue weighted by Crippen LogP contribution is -2.51. The second kappa shape index (κ2) is 5.40. The maximum atomic E-state index is 13.3. The molecule has 0 bridgehead atoms. The Balaban J connectivity index is 3.46. The molecule has 0 radical (unpaired) electrons. The van der Waals surface area contributed by atoms with Gasteiger partial charge in [-0.25, -0.2) is 0 Å². The Morgan fingerprint density at radius 2 is 2.00 bits per heavy atom. The van der Waals surface area contributed by atoms with Crippen LogP contribution in [-0.4, -0.2) is 27.3 Å². The predicted octanol–water partition coefficient (Wildman–Crippen LogP) is 0.330. The fraction of sp³-hybridized carbons (Fsp3) is 0.500. The number of nitrogens with two attached hydrogens (primary N) is 2. The van der Waals surface area contributed by atoms with Gasteiger partial charge in [-0.15, -0.1) is 0 Å². The van der Waals surface area contributed by atoms with E-state index in [4.69, 9.17) is 11.5 Å². The van der Waals surface area contributed by atoms with Crippen LogP contribution >= 0.6 is 0 Å². The first-order chi connectivity index (χ1) is 9.38. The minimum atomic E-state index is -4.82. The maximum absolute atomic E-state index is 13.3. The number of rotatable bonds is 4. The van der Waals surface area contributed by atoms with Crippen molar-refractivity contribution in [2.75, 3.05) is 0 Å². The minimum absolute atomic E-state index is 0.659. The van der Waals surface area contributed by atoms with Gasteiger partial charge in [0.1, 0.15) is 5.92 Å². The van der Waals surface area contributed by atoms with Crippen LogP contribution in [0, 0.1) is 0 Å². The highest BCUT2D eigenvalue weighted by Gasteiger charge is 2.47. The van der Waals surface area contributed by atoms with Gasteiger partial charge in [-0.1, -0.05) is 0 Å². The molecule has 118 valence electrons. The van der Waals surface area contributed by atoms with Crippen molar-refractivity contribution in [1.29, 1.82) is 0 Å². The van der Waals surface area contributed by atoms with Gasteiger partial charge in [-0.3, -0.25) is 9.59 Å². The first-order valence-corrected chi connectivity index (χ1v) is 5.92. The summed E-state index contributed by atoms with van der Waals surface area (Å²) >= 11 is 0. The van der Waals surface area contributed by atoms with Crippen LogP contribution in [0.5, 0.6) is 5.75 Å². The van der Waals surface area contributed by atoms with Crippen molar-refractivity contribution in [3.63, 3.8) is 0 Å². The number of aromatic hydroxyl groups is 1. The van der Waals surface area contributed by atoms with Gasteiger partial charge in [0, 0.05) is 19.3 Å². The molecule has 0 fully saturated rings. The van der Waals surface area contributed by atoms with E-state index in [1.807, 2.05) is 0 Å². The summed E-state index contributed by atoms with van der Waals surface area (Å²) < 4.78 is 40.7. The smallest absolute Gasteiger partial charge is 0.397 e. The number of hydrogen-bond acceptors (Lipinski definition) is 4. The molecule has 1 aromatic rings. The van der Waals surface area contributed by atoms with Crippen LogP contribution in [0.1, 0.15) is 25.0 Å². The Morgan fingerprint density at radius 1 is 1.48 bits per heavy atom. The van der Waals surface area contributed by atoms with Crippen LogP contribution in [0.15, 0.2) is 17.1 Å². The van der Waals surface area contributed by atoms with Crippen molar-refractivity contribution < 1.29 is 23.1 Å². The van der Waals surface area contributed by atoms with Gasteiger partial charge in [0.25, 0.3) is 0 Å². The van der Waals surface area contributed by atoms with Crippen molar-refractivity contribution in [2.24, 2.45) is 18.5 Å². The van der Waals surface area contributed by atoms with Crippen LogP contribution in [0.25, 0.3) is 0 Å². The first-order valence-electron chi connectivity index (χ1n) is 5.92. The number of amides is 1. The van der Waals surface area contributed by atoms with Crippen LogP contribution in [-0.2, 0) is 11.8 Å². The fourth-order valence-corrected chi connectivity index (χ4v) is 1.93. The zero-order valence-electron chi connectivity index (χ0n) is 11.4. The standard InChI is InChI=1S/C12H16F3N3O3/c1-11(17,10(16)21)5-6(12(13,14)15)8-9(20)7(19)3-4-18(8)2/h3-4,6,20H,5,17H2,1-2H3,(H2,16,21)/t6?,11-/m0/s1. The van der Waals surface area contributed by atoms with Gasteiger partial charge in [-0.2, -0.15) is 13.2 Å². The number of alkyl halides is 3. The molecule has 9 heteroatoms. The minimum Gasteiger partial charge on any atom is -0.503 e. The molecule has 0 aromatic carbocycles. The second-order valence-corrected chi connectivity index (χ2v) is 5.10. The normalized spacial score (nSPS) is 16.3. The van der Waals surface area contributed by atoms with Crippen LogP contribution in [0.3, 0.4) is 0 Å². The van der Waals surface area contributed by atoms with E-state index in [9.17, 15) is 27.9 Å². The fourth-order valence-electron chi connectivity index (χ4n) is 1.93. The SMILES string of the molecule is Cn1ccc(=O)c(O)c1C(C[C@](C)(N)C(N)=O)C(F)(F)F. The van der Waals surface area contributed by atoms with Crippen LogP contribution in [0.4, 0.5) is 13.2 Å². The summed E-state index contributed by atoms with van der Waals surface area (Å²) in [6, 6.07) is 0.933. The predicted molar refractivity (Wildman–Crippen MR) is 68.5 cm³/mol. The lowest BCUT2D eigenvalue weighted by Gasteiger charge is -2.29. The highest BCUT2D eigenvalue weighted by Crippen LogP contribution is 2.41. The average molecular weight is 307 g/mol. The highest BCUT2D eigenvalue weighted by molar-refractivity contribution is 5.83. The molecule has 0 spiro atoms. The molecule has 5 N–H and O–H groups in total. The van der Waals surface area contributed by atoms with Crippen molar-refractivity contribution in [1.82, 2.24) is 4.57 Å². The third-order valence-corrected chi connectivity index (χ3v) is 3.22. The van der Waals surface area contributed by atoms with Crippen molar-refractivity contribution in [2.45, 2.75) is 31.0 Å². The molecule has 0 aliphatic rings. The molecule has 0 aliphatic heterocycles. The van der Waals surface area contributed by atoms with Gasteiger partial charge in [0.15, 0.2) is 5.75 Å². The van der Waals surface area contributed by atoms with Crippen molar-refractivity contribution in [3.8, 4) is 5.75 Å². The molecule has 1 aromatic heterocycles. The molecule has 0 saturated carbocycles. The second-order valence-electron chi connectivity index (χ2n) is 5.10. The third-order valence-electron chi connectivity index (χ3n) is 3.22. The molecule has 1 amide bonds. The molecule has 6 nitrogen and oxygen atoms in total. The molecule has 21 heavy (non-hydrogen) atoms. The van der Waals surface area contributed by atoms with Crippen molar-refractivity contribution in [3.05, 3.63) is 28.2 Å². The lowest BCUT2D eigenvalue weighted by atomic mass is 9.86. The zero-order chi connectivity index (χ0) is 16.6. The molecule has 1 rings (SSSR count). The molecule has 0 saturated heterocycles. The number of aryl methyl sites for hydroxylation is 1. The largest absolute Gasteiger partial charge is 0.503 e. The topological polar surface area (TPSA) is 111 Å². The zero-order valence-corrected chi connectivity index (χ0v) is 11.4. The van der Waals surface area contributed by atoms with E-state index in [2.05, 4.69) is 0 Å². The van der Waals surface area contributed by atoms with E-state index in [0.29, 0.717) is 0 Å². The van der Waals surface area contributed by atoms with E-state index in [-0.39, 0.29) is 0 Å². The lowest BCUT2D eigenvalue weighted by molar-refractivity contribution is -0.158. The number of nitrogens with zero attached hydrogens (tertiary/aromatic N) is 1. The Hall–Kier alpha value is -2.03. The number of aromatic nitrogens is 1. The molecular weight excluding hydrogens is 291 g/mol. The number of halogens is 3. The summed E-state index contributed by atoms with van der Waals surface area (Å²) in [6.07, 6.45) is -4.62. The molecular formula is C12H16F3N3O3. The molecule has 0 aliphatic carbocycles. The van der Waals surface area contributed by atoms with E-state index in [0.717, 1.165) is 23.8 Å². The van der Waals surface area contributed by atoms with Gasteiger partial charge < -0.3 is 21.1 Å². The van der Waals surface area contributed by atoms with Crippen LogP contribution < -0.4 is 16.9 Å². The quantitative estimate of drug-likeness (QED) is 0.744. The number of carbonyl (C=O) groups is 1. The summed E-state index contributed by atoms with van der Waals surface area (Å²) in [7, 11) is 1.24. The molecule has 1 unspecified atom stereocenters. The summed E-state index contributed by atoms with van der Waals surface area (Å²) in [5.41, 5.74) is 6.92. The number of hydrogen-bond donors (Lipinski definition) is 3. The third kappa shape index (κ3) is 3.54. The highest BCUT2D eigenvalue weighted by atomic mass is 19.4. The maximum Gasteiger partial charge on any atom is 0.397 e. The summed E-state index contributed by atoms with van der Waals surface area (Å²) in [5, 5.41) is 9.66. The van der Waals surface area contributed by atoms with Gasteiger partial charge in [-0.05, 0) is 13.3 Å². The number of primary amides is 1.